The smallest absolute Gasteiger partial charge is 0.293 e. The van der Waals surface area contributed by atoms with E-state index in [4.69, 9.17) is 28.2 Å². The quantitative estimate of drug-likeness (QED) is 0.227. The molecule has 31 heavy (non-hydrogen) atoms. The molecule has 0 fully saturated rings. The number of carbonyl (C=O) groups excluding carboxylic acids is 1. The Kier molecular flexibility index (Phi) is 5.68. The molecule has 1 amide bonds. The molecule has 0 aliphatic carbocycles. The van der Waals surface area contributed by atoms with Crippen LogP contribution in [0.3, 0.4) is 0 Å². The summed E-state index contributed by atoms with van der Waals surface area (Å²) in [5.74, 6) is -0.430. The number of fused-ring (bicyclic) bond motifs is 1. The van der Waals surface area contributed by atoms with Crippen LogP contribution in [-0.4, -0.2) is 20.9 Å². The Hall–Kier alpha value is -3.34. The van der Waals surface area contributed by atoms with Crippen molar-refractivity contribution >= 4 is 67.2 Å². The third-order valence-corrected chi connectivity index (χ3v) is 5.86. The summed E-state index contributed by atoms with van der Waals surface area (Å²) >= 11 is 12.7. The van der Waals surface area contributed by atoms with Gasteiger partial charge in [0.15, 0.2) is 16.0 Å². The van der Waals surface area contributed by atoms with E-state index >= 15 is 0 Å². The highest BCUT2D eigenvalue weighted by Gasteiger charge is 2.20. The van der Waals surface area contributed by atoms with Crippen molar-refractivity contribution in [3.8, 4) is 11.3 Å². The van der Waals surface area contributed by atoms with Gasteiger partial charge in [0.05, 0.1) is 20.7 Å². The topological polar surface area (TPSA) is 110 Å². The van der Waals surface area contributed by atoms with Crippen molar-refractivity contribution in [2.75, 3.05) is 5.32 Å². The number of anilines is 1. The van der Waals surface area contributed by atoms with Gasteiger partial charge >= 0.3 is 0 Å². The molecule has 11 heteroatoms. The van der Waals surface area contributed by atoms with Crippen molar-refractivity contribution in [3.05, 3.63) is 75.0 Å². The van der Waals surface area contributed by atoms with Gasteiger partial charge in [-0.1, -0.05) is 35.1 Å². The van der Waals surface area contributed by atoms with Gasteiger partial charge in [-0.25, -0.2) is 4.98 Å². The largest absolute Gasteiger partial charge is 0.451 e. The minimum atomic E-state index is -0.595. The Balaban J connectivity index is 1.47. The van der Waals surface area contributed by atoms with Crippen LogP contribution in [-0.2, 0) is 0 Å². The molecule has 0 unspecified atom stereocenters. The molecule has 0 bridgehead atoms. The first-order valence-electron chi connectivity index (χ1n) is 8.84. The van der Waals surface area contributed by atoms with Gasteiger partial charge < -0.3 is 9.73 Å². The Morgan fingerprint density at radius 2 is 2.03 bits per heavy atom. The molecule has 156 valence electrons. The monoisotopic (exact) mass is 472 g/mol. The normalized spacial score (nSPS) is 10.8. The molecule has 0 atom stereocenters. The summed E-state index contributed by atoms with van der Waals surface area (Å²) in [4.78, 5) is 27.6. The lowest BCUT2D eigenvalue weighted by Crippen LogP contribution is -2.33. The summed E-state index contributed by atoms with van der Waals surface area (Å²) in [6, 6.07) is 12.7. The van der Waals surface area contributed by atoms with Crippen molar-refractivity contribution in [2.24, 2.45) is 0 Å². The number of nitrogens with zero attached hydrogens (tertiary/aromatic N) is 2. The van der Waals surface area contributed by atoms with Crippen molar-refractivity contribution in [3.63, 3.8) is 0 Å². The maximum Gasteiger partial charge on any atom is 0.293 e. The first-order chi connectivity index (χ1) is 14.8. The van der Waals surface area contributed by atoms with Gasteiger partial charge in [0.1, 0.15) is 5.76 Å². The van der Waals surface area contributed by atoms with E-state index in [2.05, 4.69) is 15.6 Å². The highest BCUT2D eigenvalue weighted by molar-refractivity contribution is 7.80. The van der Waals surface area contributed by atoms with Crippen LogP contribution in [0.5, 0.6) is 0 Å². The fraction of sp³-hybridized carbons (Fsp3) is 0.0500. The lowest BCUT2D eigenvalue weighted by Gasteiger charge is -2.05. The fourth-order valence-corrected chi connectivity index (χ4v) is 4.20. The molecule has 2 aromatic carbocycles. The molecule has 8 nitrogen and oxygen atoms in total. The Morgan fingerprint density at radius 1 is 1.26 bits per heavy atom. The van der Waals surface area contributed by atoms with E-state index in [-0.39, 0.29) is 27.9 Å². The maximum absolute atomic E-state index is 12.5. The molecule has 0 aliphatic rings. The number of halogens is 1. The van der Waals surface area contributed by atoms with Crippen LogP contribution < -0.4 is 10.6 Å². The molecule has 0 aliphatic heterocycles. The molecular weight excluding hydrogens is 460 g/mol. The lowest BCUT2D eigenvalue weighted by atomic mass is 10.1. The summed E-state index contributed by atoms with van der Waals surface area (Å²) in [6.07, 6.45) is 0. The van der Waals surface area contributed by atoms with E-state index in [1.165, 1.54) is 29.5 Å². The average Bonchev–Trinajstić information content (AvgIpc) is 3.35. The second kappa shape index (κ2) is 8.42. The number of amides is 1. The van der Waals surface area contributed by atoms with E-state index in [0.717, 1.165) is 15.8 Å². The van der Waals surface area contributed by atoms with Crippen molar-refractivity contribution in [1.29, 1.82) is 0 Å². The van der Waals surface area contributed by atoms with Gasteiger partial charge in [0, 0.05) is 11.1 Å². The first-order valence-corrected chi connectivity index (χ1v) is 10.4. The Morgan fingerprint density at radius 3 is 2.81 bits per heavy atom. The van der Waals surface area contributed by atoms with Gasteiger partial charge in [0.2, 0.25) is 0 Å². The van der Waals surface area contributed by atoms with Crippen LogP contribution in [0.15, 0.2) is 52.9 Å². The number of nitrogens with one attached hydrogen (secondary N) is 2. The minimum Gasteiger partial charge on any atom is -0.451 e. The van der Waals surface area contributed by atoms with E-state index in [1.54, 1.807) is 24.3 Å². The highest BCUT2D eigenvalue weighted by Crippen LogP contribution is 2.31. The summed E-state index contributed by atoms with van der Waals surface area (Å²) in [6.45, 7) is 1.90. The van der Waals surface area contributed by atoms with Gasteiger partial charge in [-0.2, -0.15) is 0 Å². The highest BCUT2D eigenvalue weighted by atomic mass is 35.5. The van der Waals surface area contributed by atoms with Crippen molar-refractivity contribution in [2.45, 2.75) is 6.92 Å². The molecule has 4 aromatic rings. The van der Waals surface area contributed by atoms with Crippen molar-refractivity contribution < 1.29 is 14.1 Å². The zero-order valence-electron chi connectivity index (χ0n) is 15.8. The van der Waals surface area contributed by atoms with Crippen LogP contribution in [0.1, 0.15) is 16.1 Å². The van der Waals surface area contributed by atoms with Crippen LogP contribution in [0.2, 0.25) is 5.02 Å². The second-order valence-corrected chi connectivity index (χ2v) is 8.28. The number of para-hydroxylation sites is 1. The number of nitro groups is 1. The van der Waals surface area contributed by atoms with Crippen LogP contribution in [0.25, 0.3) is 21.5 Å². The average molecular weight is 473 g/mol. The number of hydrogen-bond donors (Lipinski definition) is 2. The SMILES string of the molecule is Cc1cc2sc(NC(=S)NC(=O)c3ccc(-c4ccccc4[N+](=O)[O-])o3)nc2cc1Cl. The Labute approximate surface area is 190 Å². The predicted molar refractivity (Wildman–Crippen MR) is 124 cm³/mol. The molecule has 0 radical (unpaired) electrons. The van der Waals surface area contributed by atoms with Crippen molar-refractivity contribution in [1.82, 2.24) is 10.3 Å². The molecule has 0 spiro atoms. The molecule has 4 rings (SSSR count). The lowest BCUT2D eigenvalue weighted by molar-refractivity contribution is -0.384. The number of rotatable bonds is 4. The number of furan rings is 1. The molecule has 2 N–H and O–H groups in total. The summed E-state index contributed by atoms with van der Waals surface area (Å²) in [5.41, 5.74) is 1.81. The van der Waals surface area contributed by atoms with Gasteiger partial charge in [-0.15, -0.1) is 0 Å². The van der Waals surface area contributed by atoms with E-state index in [1.807, 2.05) is 13.0 Å². The number of carbonyl (C=O) groups is 1. The number of nitro benzene ring substituents is 1. The summed E-state index contributed by atoms with van der Waals surface area (Å²) in [5, 5.41) is 17.7. The zero-order chi connectivity index (χ0) is 22.1. The van der Waals surface area contributed by atoms with Gasteiger partial charge in [0.25, 0.3) is 11.6 Å². The van der Waals surface area contributed by atoms with E-state index in [0.29, 0.717) is 10.2 Å². The third-order valence-electron chi connectivity index (χ3n) is 4.31. The Bertz CT molecular complexity index is 1310. The zero-order valence-corrected chi connectivity index (χ0v) is 18.2. The second-order valence-electron chi connectivity index (χ2n) is 6.43. The number of aromatic nitrogens is 1. The van der Waals surface area contributed by atoms with E-state index < -0.39 is 10.8 Å². The van der Waals surface area contributed by atoms with Gasteiger partial charge in [-0.3, -0.25) is 20.2 Å². The molecule has 0 saturated carbocycles. The molecular formula is C20H13ClN4O4S2. The summed E-state index contributed by atoms with van der Waals surface area (Å²) in [7, 11) is 0. The molecule has 2 aromatic heterocycles. The third kappa shape index (κ3) is 4.41. The molecule has 2 heterocycles. The first kappa shape index (κ1) is 20.9. The molecule has 0 saturated heterocycles. The number of benzene rings is 2. The van der Waals surface area contributed by atoms with Crippen LogP contribution in [0.4, 0.5) is 10.8 Å². The number of thiazole rings is 1. The van der Waals surface area contributed by atoms with Crippen LogP contribution >= 0.6 is 35.2 Å². The van der Waals surface area contributed by atoms with Gasteiger partial charge in [-0.05, 0) is 55.0 Å². The summed E-state index contributed by atoms with van der Waals surface area (Å²) < 4.78 is 6.45. The predicted octanol–water partition coefficient (Wildman–Crippen LogP) is 5.55. The standard InChI is InChI=1S/C20H13ClN4O4S2/c1-10-8-17-13(9-12(10)21)22-20(31-17)24-19(30)23-18(26)16-7-6-15(29-16)11-4-2-3-5-14(11)25(27)28/h2-9H,1H3,(H2,22,23,24,26,30). The van der Waals surface area contributed by atoms with Crippen LogP contribution in [0, 0.1) is 17.0 Å². The van der Waals surface area contributed by atoms with E-state index in [9.17, 15) is 14.9 Å². The minimum absolute atomic E-state index is 0.0375. The number of thiocarbonyl (C=S) groups is 1. The fourth-order valence-electron chi connectivity index (χ4n) is 2.84. The number of hydrogen-bond acceptors (Lipinski definition) is 7. The maximum atomic E-state index is 12.5. The number of aryl methyl sites for hydroxylation is 1.